The zero-order valence-electron chi connectivity index (χ0n) is 11.0. The van der Waals surface area contributed by atoms with Crippen molar-refractivity contribution in [2.24, 2.45) is 0 Å². The number of sulfonamides is 1. The summed E-state index contributed by atoms with van der Waals surface area (Å²) in [6, 6.07) is 7.72. The van der Waals surface area contributed by atoms with Crippen LogP contribution in [0.2, 0.25) is 0 Å². The standard InChI is InChI=1S/C13H12F3NO2S2/c1-17(21(18,19)12-6-3-7-20-12)9-10-4-2-5-11(8-10)13(14,15)16/h2-8H,9H2,1H3. The lowest BCUT2D eigenvalue weighted by atomic mass is 10.1. The van der Waals surface area contributed by atoms with Crippen LogP contribution in [-0.4, -0.2) is 19.8 Å². The molecule has 0 saturated carbocycles. The first-order valence-corrected chi connectivity index (χ1v) is 8.19. The normalized spacial score (nSPS) is 12.8. The molecule has 0 bridgehead atoms. The number of benzene rings is 1. The first-order chi connectivity index (χ1) is 9.71. The van der Waals surface area contributed by atoms with Crippen LogP contribution < -0.4 is 0 Å². The third kappa shape index (κ3) is 3.63. The molecule has 0 radical (unpaired) electrons. The second-order valence-electron chi connectivity index (χ2n) is 4.39. The Morgan fingerprint density at radius 2 is 1.90 bits per heavy atom. The van der Waals surface area contributed by atoms with Crippen molar-refractivity contribution in [1.82, 2.24) is 4.31 Å². The second-order valence-corrected chi connectivity index (χ2v) is 7.61. The van der Waals surface area contributed by atoms with Crippen molar-refractivity contribution in [3.8, 4) is 0 Å². The molecule has 0 N–H and O–H groups in total. The molecule has 0 atom stereocenters. The largest absolute Gasteiger partial charge is 0.416 e. The number of alkyl halides is 3. The van der Waals surface area contributed by atoms with E-state index in [2.05, 4.69) is 0 Å². The predicted molar refractivity (Wildman–Crippen MR) is 74.4 cm³/mol. The SMILES string of the molecule is CN(Cc1cccc(C(F)(F)F)c1)S(=O)(=O)c1cccs1. The van der Waals surface area contributed by atoms with Crippen molar-refractivity contribution in [2.45, 2.75) is 16.9 Å². The van der Waals surface area contributed by atoms with Gasteiger partial charge in [-0.1, -0.05) is 24.3 Å². The van der Waals surface area contributed by atoms with Gasteiger partial charge in [-0.2, -0.15) is 17.5 Å². The molecule has 2 aromatic rings. The van der Waals surface area contributed by atoms with E-state index >= 15 is 0 Å². The summed E-state index contributed by atoms with van der Waals surface area (Å²) < 4.78 is 63.5. The molecule has 0 aliphatic carbocycles. The summed E-state index contributed by atoms with van der Waals surface area (Å²) in [6.45, 7) is -0.121. The molecular weight excluding hydrogens is 323 g/mol. The van der Waals surface area contributed by atoms with Gasteiger partial charge in [0.25, 0.3) is 10.0 Å². The maximum Gasteiger partial charge on any atom is 0.416 e. The molecule has 2 rings (SSSR count). The van der Waals surface area contributed by atoms with Crippen LogP contribution in [-0.2, 0) is 22.7 Å². The topological polar surface area (TPSA) is 37.4 Å². The van der Waals surface area contributed by atoms with Gasteiger partial charge in [0.05, 0.1) is 5.56 Å². The van der Waals surface area contributed by atoms with Gasteiger partial charge in [-0.05, 0) is 23.1 Å². The fourth-order valence-electron chi connectivity index (χ4n) is 1.75. The average Bonchev–Trinajstić information content (AvgIpc) is 2.92. The molecule has 0 unspecified atom stereocenters. The molecule has 0 spiro atoms. The van der Waals surface area contributed by atoms with E-state index in [1.165, 1.54) is 25.2 Å². The smallest absolute Gasteiger partial charge is 0.206 e. The van der Waals surface area contributed by atoms with Gasteiger partial charge in [0.1, 0.15) is 4.21 Å². The van der Waals surface area contributed by atoms with Crippen molar-refractivity contribution in [1.29, 1.82) is 0 Å². The highest BCUT2D eigenvalue weighted by Gasteiger charge is 2.30. The lowest BCUT2D eigenvalue weighted by Crippen LogP contribution is -2.26. The minimum Gasteiger partial charge on any atom is -0.206 e. The summed E-state index contributed by atoms with van der Waals surface area (Å²) in [5, 5.41) is 1.63. The number of thiophene rings is 1. The summed E-state index contributed by atoms with van der Waals surface area (Å²) >= 11 is 1.07. The highest BCUT2D eigenvalue weighted by Crippen LogP contribution is 2.30. The fraction of sp³-hybridized carbons (Fsp3) is 0.231. The Kier molecular flexibility index (Phi) is 4.40. The maximum atomic E-state index is 12.6. The Balaban J connectivity index is 2.23. The van der Waals surface area contributed by atoms with E-state index in [-0.39, 0.29) is 16.3 Å². The van der Waals surface area contributed by atoms with Crippen molar-refractivity contribution in [3.05, 3.63) is 52.9 Å². The summed E-state index contributed by atoms with van der Waals surface area (Å²) in [6.07, 6.45) is -4.44. The Bertz CT molecular complexity index is 709. The summed E-state index contributed by atoms with van der Waals surface area (Å²) in [4.78, 5) is 0. The lowest BCUT2D eigenvalue weighted by molar-refractivity contribution is -0.137. The van der Waals surface area contributed by atoms with E-state index in [4.69, 9.17) is 0 Å². The van der Waals surface area contributed by atoms with Crippen LogP contribution in [0.25, 0.3) is 0 Å². The molecule has 0 aliphatic heterocycles. The van der Waals surface area contributed by atoms with Crippen LogP contribution in [0.5, 0.6) is 0 Å². The molecule has 3 nitrogen and oxygen atoms in total. The highest BCUT2D eigenvalue weighted by molar-refractivity contribution is 7.91. The van der Waals surface area contributed by atoms with Gasteiger partial charge in [0.2, 0.25) is 0 Å². The van der Waals surface area contributed by atoms with Gasteiger partial charge in [0.15, 0.2) is 0 Å². The molecule has 0 amide bonds. The molecule has 114 valence electrons. The Morgan fingerprint density at radius 3 is 2.48 bits per heavy atom. The van der Waals surface area contributed by atoms with Crippen molar-refractivity contribution in [3.63, 3.8) is 0 Å². The van der Waals surface area contributed by atoms with Crippen LogP contribution in [0.4, 0.5) is 13.2 Å². The molecule has 0 aliphatic rings. The molecule has 1 aromatic heterocycles. The summed E-state index contributed by atoms with van der Waals surface area (Å²) in [7, 11) is -2.33. The summed E-state index contributed by atoms with van der Waals surface area (Å²) in [5.74, 6) is 0. The second kappa shape index (κ2) is 5.78. The van der Waals surface area contributed by atoms with Gasteiger partial charge in [-0.15, -0.1) is 11.3 Å². The molecule has 1 heterocycles. The first kappa shape index (κ1) is 16.0. The van der Waals surface area contributed by atoms with Crippen molar-refractivity contribution >= 4 is 21.4 Å². The van der Waals surface area contributed by atoms with E-state index in [0.29, 0.717) is 0 Å². The minimum absolute atomic E-state index is 0.121. The Hall–Kier alpha value is -1.38. The van der Waals surface area contributed by atoms with Gasteiger partial charge in [-0.25, -0.2) is 8.42 Å². The van der Waals surface area contributed by atoms with Crippen LogP contribution in [0.3, 0.4) is 0 Å². The molecule has 1 aromatic carbocycles. The predicted octanol–water partition coefficient (Wildman–Crippen LogP) is 3.59. The Labute approximate surface area is 124 Å². The fourth-order valence-corrected chi connectivity index (χ4v) is 4.11. The Morgan fingerprint density at radius 1 is 1.19 bits per heavy atom. The zero-order valence-corrected chi connectivity index (χ0v) is 12.6. The number of hydrogen-bond acceptors (Lipinski definition) is 3. The first-order valence-electron chi connectivity index (χ1n) is 5.87. The van der Waals surface area contributed by atoms with Gasteiger partial charge < -0.3 is 0 Å². The molecular formula is C13H12F3NO2S2. The number of halogens is 3. The van der Waals surface area contributed by atoms with Gasteiger partial charge >= 0.3 is 6.18 Å². The third-order valence-corrected chi connectivity index (χ3v) is 6.00. The molecule has 0 fully saturated rings. The molecule has 0 saturated heterocycles. The monoisotopic (exact) mass is 335 g/mol. The van der Waals surface area contributed by atoms with Crippen molar-refractivity contribution < 1.29 is 21.6 Å². The minimum atomic E-state index is -4.44. The number of hydrogen-bond donors (Lipinski definition) is 0. The molecule has 21 heavy (non-hydrogen) atoms. The van der Waals surface area contributed by atoms with E-state index in [0.717, 1.165) is 27.8 Å². The van der Waals surface area contributed by atoms with E-state index in [9.17, 15) is 21.6 Å². The van der Waals surface area contributed by atoms with Crippen LogP contribution >= 0.6 is 11.3 Å². The molecule has 8 heteroatoms. The maximum absolute atomic E-state index is 12.6. The number of rotatable bonds is 4. The van der Waals surface area contributed by atoms with Crippen LogP contribution in [0.15, 0.2) is 46.0 Å². The van der Waals surface area contributed by atoms with E-state index in [1.54, 1.807) is 11.4 Å². The summed E-state index contributed by atoms with van der Waals surface area (Å²) in [5.41, 5.74) is -0.505. The van der Waals surface area contributed by atoms with E-state index in [1.807, 2.05) is 0 Å². The lowest BCUT2D eigenvalue weighted by Gasteiger charge is -2.17. The van der Waals surface area contributed by atoms with Gasteiger partial charge in [-0.3, -0.25) is 0 Å². The van der Waals surface area contributed by atoms with Crippen LogP contribution in [0.1, 0.15) is 11.1 Å². The van der Waals surface area contributed by atoms with Crippen molar-refractivity contribution in [2.75, 3.05) is 7.05 Å². The zero-order chi connectivity index (χ0) is 15.7. The average molecular weight is 335 g/mol. The quantitative estimate of drug-likeness (QED) is 0.856. The highest BCUT2D eigenvalue weighted by atomic mass is 32.2. The van der Waals surface area contributed by atoms with Gasteiger partial charge in [0, 0.05) is 13.6 Å². The third-order valence-electron chi connectivity index (χ3n) is 2.82. The number of nitrogens with zero attached hydrogens (tertiary/aromatic N) is 1. The van der Waals surface area contributed by atoms with Crippen LogP contribution in [0, 0.1) is 0 Å². The van der Waals surface area contributed by atoms with E-state index < -0.39 is 21.8 Å².